The van der Waals surface area contributed by atoms with Gasteiger partial charge in [0.25, 0.3) is 10.0 Å². The van der Waals surface area contributed by atoms with E-state index in [0.29, 0.717) is 5.69 Å². The minimum Gasteiger partial charge on any atom is -0.352 e. The van der Waals surface area contributed by atoms with Crippen molar-refractivity contribution in [3.8, 4) is 0 Å². The highest BCUT2D eigenvalue weighted by Gasteiger charge is 2.35. The second kappa shape index (κ2) is 16.0. The van der Waals surface area contributed by atoms with E-state index in [4.69, 9.17) is 0 Å². The number of anilines is 1. The fourth-order valence-corrected chi connectivity index (χ4v) is 8.01. The monoisotopic (exact) mass is 729 g/mol. The van der Waals surface area contributed by atoms with E-state index in [2.05, 4.69) is 21.2 Å². The normalized spacial score (nSPS) is 14.2. The first-order valence-electron chi connectivity index (χ1n) is 16.6. The zero-order valence-corrected chi connectivity index (χ0v) is 30.3. The van der Waals surface area contributed by atoms with Crippen molar-refractivity contribution in [3.05, 3.63) is 129 Å². The summed E-state index contributed by atoms with van der Waals surface area (Å²) in [5.41, 5.74) is 4.82. The molecule has 7 nitrogen and oxygen atoms in total. The van der Waals surface area contributed by atoms with Gasteiger partial charge in [-0.05, 0) is 92.3 Å². The van der Waals surface area contributed by atoms with Gasteiger partial charge < -0.3 is 10.2 Å². The highest BCUT2D eigenvalue weighted by atomic mass is 79.9. The number of amides is 2. The van der Waals surface area contributed by atoms with Crippen LogP contribution in [0.25, 0.3) is 0 Å². The molecule has 0 aliphatic heterocycles. The molecule has 4 aromatic carbocycles. The molecule has 1 fully saturated rings. The number of sulfonamides is 1. The van der Waals surface area contributed by atoms with Crippen molar-refractivity contribution in [2.24, 2.45) is 0 Å². The van der Waals surface area contributed by atoms with Crippen LogP contribution in [-0.4, -0.2) is 43.8 Å². The molecule has 4 aromatic rings. The van der Waals surface area contributed by atoms with Gasteiger partial charge in [-0.3, -0.25) is 13.9 Å². The van der Waals surface area contributed by atoms with Crippen LogP contribution in [0.5, 0.6) is 0 Å². The molecule has 0 bridgehead atoms. The van der Waals surface area contributed by atoms with Crippen molar-refractivity contribution in [1.29, 1.82) is 0 Å². The predicted molar refractivity (Wildman–Crippen MR) is 195 cm³/mol. The number of aryl methyl sites for hydroxylation is 3. The van der Waals surface area contributed by atoms with Gasteiger partial charge in [-0.1, -0.05) is 101 Å². The van der Waals surface area contributed by atoms with Crippen LogP contribution in [0, 0.1) is 20.8 Å². The molecule has 2 amide bonds. The molecule has 48 heavy (non-hydrogen) atoms. The summed E-state index contributed by atoms with van der Waals surface area (Å²) in [4.78, 5) is 30.7. The molecular weight excluding hydrogens is 686 g/mol. The molecule has 9 heteroatoms. The van der Waals surface area contributed by atoms with E-state index in [-0.39, 0.29) is 29.8 Å². The number of nitrogens with zero attached hydrogens (tertiary/aromatic N) is 2. The molecule has 0 aromatic heterocycles. The quantitative estimate of drug-likeness (QED) is 0.162. The zero-order valence-electron chi connectivity index (χ0n) is 27.9. The Morgan fingerprint density at radius 3 is 2.04 bits per heavy atom. The molecule has 0 heterocycles. The maximum Gasteiger partial charge on any atom is 0.264 e. The Morgan fingerprint density at radius 1 is 0.792 bits per heavy atom. The van der Waals surface area contributed by atoms with Crippen LogP contribution in [0.3, 0.4) is 0 Å². The standard InChI is InChI=1S/C39H44BrN3O4S/c1-28-14-20-36(21-15-28)48(46,47)43(35-23-29(2)22-30(3)24-35)27-38(44)42(26-32-16-18-33(40)19-17-32)37(25-31-10-6-4-7-11-31)39(45)41-34-12-8-5-9-13-34/h4,6-7,10-11,14-24,34,37H,5,8-9,12-13,25-27H2,1-3H3,(H,41,45)/t37-/m0/s1. The molecule has 5 rings (SSSR count). The lowest BCUT2D eigenvalue weighted by atomic mass is 9.94. The Hall–Kier alpha value is -3.95. The third-order valence-electron chi connectivity index (χ3n) is 8.87. The molecule has 0 spiro atoms. The first-order chi connectivity index (χ1) is 23.0. The van der Waals surface area contributed by atoms with Crippen molar-refractivity contribution in [3.63, 3.8) is 0 Å². The first kappa shape index (κ1) is 35.4. The average molecular weight is 731 g/mol. The number of rotatable bonds is 12. The van der Waals surface area contributed by atoms with E-state index in [1.54, 1.807) is 41.3 Å². The largest absolute Gasteiger partial charge is 0.352 e. The van der Waals surface area contributed by atoms with Gasteiger partial charge in [0.2, 0.25) is 11.8 Å². The second-order valence-electron chi connectivity index (χ2n) is 12.9. The molecule has 1 saturated carbocycles. The number of carbonyl (C=O) groups is 2. The summed E-state index contributed by atoms with van der Waals surface area (Å²) < 4.78 is 30.8. The lowest BCUT2D eigenvalue weighted by Crippen LogP contribution is -2.55. The van der Waals surface area contributed by atoms with Crippen molar-refractivity contribution in [2.75, 3.05) is 10.8 Å². The summed E-state index contributed by atoms with van der Waals surface area (Å²) in [6, 6.07) is 28.6. The summed E-state index contributed by atoms with van der Waals surface area (Å²) in [5, 5.41) is 3.26. The van der Waals surface area contributed by atoms with Crippen molar-refractivity contribution >= 4 is 43.5 Å². The van der Waals surface area contributed by atoms with E-state index in [0.717, 1.165) is 64.4 Å². The van der Waals surface area contributed by atoms with Crippen LogP contribution in [0.1, 0.15) is 59.9 Å². The predicted octanol–water partition coefficient (Wildman–Crippen LogP) is 7.66. The number of hydrogen-bond donors (Lipinski definition) is 1. The Bertz CT molecular complexity index is 1790. The van der Waals surface area contributed by atoms with Gasteiger partial charge in [0.15, 0.2) is 0 Å². The minimum absolute atomic E-state index is 0.0443. The third-order valence-corrected chi connectivity index (χ3v) is 11.2. The van der Waals surface area contributed by atoms with E-state index >= 15 is 0 Å². The molecule has 1 N–H and O–H groups in total. The zero-order chi connectivity index (χ0) is 34.3. The smallest absolute Gasteiger partial charge is 0.264 e. The van der Waals surface area contributed by atoms with Crippen molar-refractivity contribution in [1.82, 2.24) is 10.2 Å². The average Bonchev–Trinajstić information content (AvgIpc) is 3.06. The Labute approximate surface area is 293 Å². The third kappa shape index (κ3) is 9.14. The topological polar surface area (TPSA) is 86.8 Å². The molecule has 1 atom stereocenters. The van der Waals surface area contributed by atoms with Crippen molar-refractivity contribution < 1.29 is 18.0 Å². The molecule has 1 aliphatic rings. The Morgan fingerprint density at radius 2 is 1.42 bits per heavy atom. The highest BCUT2D eigenvalue weighted by Crippen LogP contribution is 2.28. The van der Waals surface area contributed by atoms with E-state index < -0.39 is 28.5 Å². The van der Waals surface area contributed by atoms with Gasteiger partial charge in [0.1, 0.15) is 12.6 Å². The maximum atomic E-state index is 14.8. The number of halogens is 1. The number of hydrogen-bond acceptors (Lipinski definition) is 4. The van der Waals surface area contributed by atoms with Gasteiger partial charge in [-0.15, -0.1) is 0 Å². The SMILES string of the molecule is Cc1ccc(S(=O)(=O)N(CC(=O)N(Cc2ccc(Br)cc2)[C@@H](Cc2ccccc2)C(=O)NC2CCCCC2)c2cc(C)cc(C)c2)cc1. The second-order valence-corrected chi connectivity index (χ2v) is 15.6. The molecule has 1 aliphatic carbocycles. The van der Waals surface area contributed by atoms with Crippen LogP contribution < -0.4 is 9.62 Å². The van der Waals surface area contributed by atoms with Gasteiger partial charge in [-0.2, -0.15) is 0 Å². The number of nitrogens with one attached hydrogen (secondary N) is 1. The summed E-state index contributed by atoms with van der Waals surface area (Å²) >= 11 is 3.49. The fraction of sp³-hybridized carbons (Fsp3) is 0.333. The van der Waals surface area contributed by atoms with E-state index in [1.165, 1.54) is 4.31 Å². The van der Waals surface area contributed by atoms with Crippen LogP contribution in [0.4, 0.5) is 5.69 Å². The summed E-state index contributed by atoms with van der Waals surface area (Å²) in [6.07, 6.45) is 5.35. The van der Waals surface area contributed by atoms with Gasteiger partial charge >= 0.3 is 0 Å². The van der Waals surface area contributed by atoms with Gasteiger partial charge in [0, 0.05) is 23.5 Å². The van der Waals surface area contributed by atoms with Crippen LogP contribution in [0.15, 0.2) is 106 Å². The highest BCUT2D eigenvalue weighted by molar-refractivity contribution is 9.10. The molecule has 0 radical (unpaired) electrons. The lowest BCUT2D eigenvalue weighted by molar-refractivity contribution is -0.140. The number of carbonyl (C=O) groups excluding carboxylic acids is 2. The molecular formula is C39H44BrN3O4S. The molecule has 252 valence electrons. The number of benzene rings is 4. The molecule has 0 saturated heterocycles. The lowest BCUT2D eigenvalue weighted by Gasteiger charge is -2.35. The summed E-state index contributed by atoms with van der Waals surface area (Å²) in [5.74, 6) is -0.692. The van der Waals surface area contributed by atoms with Gasteiger partial charge in [-0.25, -0.2) is 8.42 Å². The molecule has 0 unspecified atom stereocenters. The summed E-state index contributed by atoms with van der Waals surface area (Å²) in [6.45, 7) is 5.36. The minimum atomic E-state index is -4.16. The maximum absolute atomic E-state index is 14.8. The summed E-state index contributed by atoms with van der Waals surface area (Å²) in [7, 11) is -4.16. The van der Waals surface area contributed by atoms with Crippen LogP contribution >= 0.6 is 15.9 Å². The van der Waals surface area contributed by atoms with E-state index in [1.807, 2.05) is 81.4 Å². The first-order valence-corrected chi connectivity index (χ1v) is 18.8. The fourth-order valence-electron chi connectivity index (χ4n) is 6.35. The van der Waals surface area contributed by atoms with E-state index in [9.17, 15) is 18.0 Å². The van der Waals surface area contributed by atoms with Crippen LogP contribution in [-0.2, 0) is 32.6 Å². The van der Waals surface area contributed by atoms with Crippen molar-refractivity contribution in [2.45, 2.75) is 82.8 Å². The Kier molecular flexibility index (Phi) is 11.8. The van der Waals surface area contributed by atoms with Gasteiger partial charge in [0.05, 0.1) is 10.6 Å². The van der Waals surface area contributed by atoms with Crippen LogP contribution in [0.2, 0.25) is 0 Å². The Balaban J connectivity index is 1.58.